The molecular formula is C32H48N4O4S. The fourth-order valence-electron chi connectivity index (χ4n) is 6.27. The number of amidine groups is 1. The Balaban J connectivity index is 1.45. The van der Waals surface area contributed by atoms with Gasteiger partial charge in [-0.1, -0.05) is 31.4 Å². The predicted molar refractivity (Wildman–Crippen MR) is 166 cm³/mol. The summed E-state index contributed by atoms with van der Waals surface area (Å²) in [5, 5.41) is 2.98. The van der Waals surface area contributed by atoms with E-state index in [0.29, 0.717) is 38.8 Å². The summed E-state index contributed by atoms with van der Waals surface area (Å²) < 4.78 is 28.1. The van der Waals surface area contributed by atoms with Crippen molar-refractivity contribution in [2.75, 3.05) is 30.8 Å². The summed E-state index contributed by atoms with van der Waals surface area (Å²) in [6, 6.07) is 3.99. The number of fused-ring (bicyclic) bond motifs is 2. The molecule has 1 spiro atoms. The van der Waals surface area contributed by atoms with E-state index in [1.807, 2.05) is 33.0 Å². The lowest BCUT2D eigenvalue weighted by atomic mass is 9.89. The summed E-state index contributed by atoms with van der Waals surface area (Å²) in [5.74, 6) is 0.809. The van der Waals surface area contributed by atoms with Crippen LogP contribution in [0.15, 0.2) is 29.3 Å². The van der Waals surface area contributed by atoms with Gasteiger partial charge in [0.15, 0.2) is 0 Å². The number of piperidine rings is 1. The van der Waals surface area contributed by atoms with Crippen molar-refractivity contribution in [3.63, 3.8) is 0 Å². The maximum atomic E-state index is 13.3. The molecule has 226 valence electrons. The first kappa shape index (κ1) is 31.4. The molecule has 1 aromatic carbocycles. The van der Waals surface area contributed by atoms with Crippen molar-refractivity contribution in [3.05, 3.63) is 41.0 Å². The molecule has 6 rings (SSSR count). The number of nitrogens with one attached hydrogen (secondary N) is 1. The summed E-state index contributed by atoms with van der Waals surface area (Å²) in [5.41, 5.74) is 3.04. The quantitative estimate of drug-likeness (QED) is 0.415. The van der Waals surface area contributed by atoms with Gasteiger partial charge in [-0.15, -0.1) is 0 Å². The van der Waals surface area contributed by atoms with Gasteiger partial charge in [0.25, 0.3) is 5.91 Å². The summed E-state index contributed by atoms with van der Waals surface area (Å²) >= 11 is 0. The number of rotatable bonds is 0. The highest BCUT2D eigenvalue weighted by atomic mass is 32.2. The van der Waals surface area contributed by atoms with Crippen LogP contribution < -0.4 is 10.2 Å². The second-order valence-electron chi connectivity index (χ2n) is 12.0. The standard InChI is InChI=1S/C32H48N4O4S/c1-25-23-27-24-26(2)28(25)17-22-41(39,40)36-20-18-32(19-21-36)31(38)33-29(34-32)15-13-11-9-7-5-4-6-8-10-12-14-16-30(37)35(27)3/h5,7,23-24H,4,6,8-22H2,1-3H3,(H,33,34,38)/b7-5+. The number of allylic oxidation sites excluding steroid dienone is 2. The lowest BCUT2D eigenvalue weighted by Gasteiger charge is -2.34. The molecule has 5 aliphatic heterocycles. The van der Waals surface area contributed by atoms with Gasteiger partial charge in [0.2, 0.25) is 15.9 Å². The lowest BCUT2D eigenvalue weighted by Crippen LogP contribution is -2.50. The van der Waals surface area contributed by atoms with Crippen LogP contribution in [0.25, 0.3) is 0 Å². The van der Waals surface area contributed by atoms with E-state index in [4.69, 9.17) is 4.99 Å². The van der Waals surface area contributed by atoms with Gasteiger partial charge in [0.05, 0.1) is 5.75 Å². The molecule has 1 N–H and O–H groups in total. The molecule has 1 saturated heterocycles. The van der Waals surface area contributed by atoms with Gasteiger partial charge in [-0.2, -0.15) is 0 Å². The highest BCUT2D eigenvalue weighted by molar-refractivity contribution is 7.89. The van der Waals surface area contributed by atoms with Gasteiger partial charge in [0, 0.05) is 38.7 Å². The molecule has 5 aliphatic rings. The molecule has 8 nitrogen and oxygen atoms in total. The number of carbonyl (C=O) groups excluding carboxylic acids is 2. The van der Waals surface area contributed by atoms with Gasteiger partial charge < -0.3 is 10.2 Å². The summed E-state index contributed by atoms with van der Waals surface area (Å²) in [6.07, 6.45) is 16.7. The summed E-state index contributed by atoms with van der Waals surface area (Å²) in [7, 11) is -1.66. The normalized spacial score (nSPS) is 28.0. The number of amides is 2. The third-order valence-electron chi connectivity index (χ3n) is 8.99. The van der Waals surface area contributed by atoms with Crippen LogP contribution in [-0.4, -0.2) is 61.8 Å². The SMILES string of the molecule is Cc1cc2cc(C)c1CCS(=O)(=O)N1CCC3(CC1)N=C(CCCC/C=C/CCCCCCCC(=O)N2C)NC3=O. The zero-order chi connectivity index (χ0) is 29.5. The molecule has 1 aromatic rings. The largest absolute Gasteiger partial charge is 0.315 e. The summed E-state index contributed by atoms with van der Waals surface area (Å²) in [6.45, 7) is 4.59. The van der Waals surface area contributed by atoms with E-state index in [1.165, 1.54) is 17.1 Å². The number of nitrogens with zero attached hydrogens (tertiary/aromatic N) is 3. The Bertz CT molecular complexity index is 1240. The topological polar surface area (TPSA) is 99.2 Å². The number of aryl methyl sites for hydroxylation is 2. The van der Waals surface area contributed by atoms with Crippen LogP contribution in [0.5, 0.6) is 0 Å². The van der Waals surface area contributed by atoms with Crippen LogP contribution in [0.2, 0.25) is 0 Å². The first-order valence-corrected chi connectivity index (χ1v) is 17.1. The molecule has 9 heteroatoms. The van der Waals surface area contributed by atoms with E-state index in [1.54, 1.807) is 4.90 Å². The highest BCUT2D eigenvalue weighted by Crippen LogP contribution is 2.32. The van der Waals surface area contributed by atoms with E-state index in [9.17, 15) is 18.0 Å². The van der Waals surface area contributed by atoms with E-state index < -0.39 is 15.6 Å². The van der Waals surface area contributed by atoms with Crippen LogP contribution in [-0.2, 0) is 26.0 Å². The van der Waals surface area contributed by atoms with Gasteiger partial charge in [-0.05, 0) is 100 Å². The van der Waals surface area contributed by atoms with Gasteiger partial charge >= 0.3 is 0 Å². The van der Waals surface area contributed by atoms with Crippen LogP contribution >= 0.6 is 0 Å². The fourth-order valence-corrected chi connectivity index (χ4v) is 7.72. The molecule has 0 aliphatic carbocycles. The smallest absolute Gasteiger partial charge is 0.253 e. The average Bonchev–Trinajstić information content (AvgIpc) is 3.23. The molecular weight excluding hydrogens is 536 g/mol. The molecule has 5 heterocycles. The number of anilines is 1. The van der Waals surface area contributed by atoms with Crippen molar-refractivity contribution in [2.45, 2.75) is 109 Å². The van der Waals surface area contributed by atoms with E-state index >= 15 is 0 Å². The monoisotopic (exact) mass is 584 g/mol. The van der Waals surface area contributed by atoms with E-state index in [2.05, 4.69) is 17.5 Å². The Morgan fingerprint density at radius 1 is 0.829 bits per heavy atom. The first-order valence-electron chi connectivity index (χ1n) is 15.5. The van der Waals surface area contributed by atoms with Crippen LogP contribution in [0.1, 0.15) is 100 Å². The highest BCUT2D eigenvalue weighted by Gasteiger charge is 2.47. The van der Waals surface area contributed by atoms with Gasteiger partial charge in [0.1, 0.15) is 11.4 Å². The third kappa shape index (κ3) is 8.07. The Morgan fingerprint density at radius 2 is 1.41 bits per heavy atom. The van der Waals surface area contributed by atoms with Gasteiger partial charge in [-0.3, -0.25) is 14.6 Å². The first-order chi connectivity index (χ1) is 19.6. The number of carbonyl (C=O) groups is 2. The predicted octanol–water partition coefficient (Wildman–Crippen LogP) is 5.36. The zero-order valence-electron chi connectivity index (χ0n) is 25.2. The minimum atomic E-state index is -3.48. The Kier molecular flexibility index (Phi) is 10.8. The Labute approximate surface area is 246 Å². The second kappa shape index (κ2) is 14.1. The Hall–Kier alpha value is -2.52. The minimum Gasteiger partial charge on any atom is -0.315 e. The molecule has 41 heavy (non-hydrogen) atoms. The van der Waals surface area contributed by atoms with Crippen molar-refractivity contribution in [2.24, 2.45) is 4.99 Å². The molecule has 0 aromatic heterocycles. The second-order valence-corrected chi connectivity index (χ2v) is 14.1. The Morgan fingerprint density at radius 3 is 2.10 bits per heavy atom. The summed E-state index contributed by atoms with van der Waals surface area (Å²) in [4.78, 5) is 32.3. The van der Waals surface area contributed by atoms with Crippen molar-refractivity contribution in [3.8, 4) is 0 Å². The van der Waals surface area contributed by atoms with Crippen molar-refractivity contribution >= 4 is 33.4 Å². The number of hydrogen-bond donors (Lipinski definition) is 1. The minimum absolute atomic E-state index is 0.0188. The third-order valence-corrected chi connectivity index (χ3v) is 10.9. The molecule has 1 fully saturated rings. The zero-order valence-corrected chi connectivity index (χ0v) is 26.0. The number of hydrogen-bond acceptors (Lipinski definition) is 5. The molecule has 0 atom stereocenters. The molecule has 0 radical (unpaired) electrons. The van der Waals surface area contributed by atoms with E-state index in [-0.39, 0.29) is 17.6 Å². The molecule has 0 unspecified atom stereocenters. The molecule has 0 saturated carbocycles. The number of benzene rings is 1. The number of aliphatic imine (C=N–C) groups is 1. The van der Waals surface area contributed by atoms with Crippen LogP contribution in [0, 0.1) is 13.8 Å². The maximum Gasteiger partial charge on any atom is 0.253 e. The van der Waals surface area contributed by atoms with Crippen molar-refractivity contribution in [1.82, 2.24) is 9.62 Å². The maximum absolute atomic E-state index is 13.3. The van der Waals surface area contributed by atoms with E-state index in [0.717, 1.165) is 79.6 Å². The number of sulfonamides is 1. The fraction of sp³-hybridized carbons (Fsp3) is 0.656. The molecule has 5 bridgehead atoms. The van der Waals surface area contributed by atoms with Crippen molar-refractivity contribution < 1.29 is 18.0 Å². The van der Waals surface area contributed by atoms with Crippen LogP contribution in [0.3, 0.4) is 0 Å². The van der Waals surface area contributed by atoms with Crippen molar-refractivity contribution in [1.29, 1.82) is 0 Å². The lowest BCUT2D eigenvalue weighted by molar-refractivity contribution is -0.125. The average molecular weight is 585 g/mol. The van der Waals surface area contributed by atoms with Gasteiger partial charge in [-0.25, -0.2) is 12.7 Å². The van der Waals surface area contributed by atoms with Crippen LogP contribution in [0.4, 0.5) is 5.69 Å². The molecule has 2 amide bonds.